The van der Waals surface area contributed by atoms with Crippen LogP contribution < -0.4 is 25.4 Å². The molecule has 2 aromatic heterocycles. The molecule has 2 saturated carbocycles. The van der Waals surface area contributed by atoms with E-state index in [1.165, 1.54) is 4.90 Å². The first-order valence-corrected chi connectivity index (χ1v) is 23.3. The molecule has 0 spiro atoms. The van der Waals surface area contributed by atoms with Crippen molar-refractivity contribution in [3.05, 3.63) is 66.2 Å². The number of urea groups is 1. The molecule has 4 heterocycles. The first-order valence-electron chi connectivity index (χ1n) is 21.7. The second-order valence-electron chi connectivity index (χ2n) is 19.4. The number of para-hydroxylation sites is 1. The lowest BCUT2D eigenvalue weighted by atomic mass is 9.87. The second-order valence-corrected chi connectivity index (χ2v) is 21.3. The summed E-state index contributed by atoms with van der Waals surface area (Å²) in [5.74, 6) is -1.82. The maximum absolute atomic E-state index is 14.8. The van der Waals surface area contributed by atoms with Gasteiger partial charge in [-0.05, 0) is 82.4 Å². The van der Waals surface area contributed by atoms with Crippen molar-refractivity contribution >= 4 is 55.8 Å². The SMILES string of the molecule is CC(C)(C)NC(=O)N[C@H]1CCCCC/C=C\[C@@H]2C[C@@]2(C(=O)NS(=O)(=O)C2CC2)NC(=O)[C@@H]2C[C@@H](Oc3nc(-c4ccc(C(C)(C)C)cc4)nc4c3oc3ccccc34)CN2C1=O. The predicted octanol–water partition coefficient (Wildman–Crippen LogP) is 6.16. The molecule has 16 heteroatoms. The molecule has 3 fully saturated rings. The minimum atomic E-state index is -3.92. The van der Waals surface area contributed by atoms with E-state index >= 15 is 0 Å². The maximum Gasteiger partial charge on any atom is 0.315 e. The van der Waals surface area contributed by atoms with Crippen LogP contribution in [0, 0.1) is 5.92 Å². The van der Waals surface area contributed by atoms with E-state index in [2.05, 4.69) is 41.4 Å². The summed E-state index contributed by atoms with van der Waals surface area (Å²) in [5, 5.41) is 8.79. The molecule has 1 saturated heterocycles. The first-order chi connectivity index (χ1) is 29.3. The summed E-state index contributed by atoms with van der Waals surface area (Å²) in [4.78, 5) is 67.8. The molecule has 0 radical (unpaired) electrons. The van der Waals surface area contributed by atoms with Crippen molar-refractivity contribution in [2.75, 3.05) is 6.54 Å². The molecule has 5 amide bonds. The number of fused-ring (bicyclic) bond motifs is 5. The number of allylic oxidation sites excluding steroid dienone is 1. The molecule has 2 aromatic carbocycles. The molecule has 4 aliphatic rings. The Hall–Kier alpha value is -5.51. The Balaban J connectivity index is 1.15. The van der Waals surface area contributed by atoms with E-state index in [1.54, 1.807) is 0 Å². The van der Waals surface area contributed by atoms with E-state index in [-0.39, 0.29) is 30.7 Å². The third-order valence-electron chi connectivity index (χ3n) is 12.1. The number of ether oxygens (including phenoxy) is 1. The zero-order valence-electron chi connectivity index (χ0n) is 36.2. The summed E-state index contributed by atoms with van der Waals surface area (Å²) in [6, 6.07) is 12.9. The fourth-order valence-electron chi connectivity index (χ4n) is 8.43. The monoisotopic (exact) mass is 867 g/mol. The Labute approximate surface area is 362 Å². The minimum absolute atomic E-state index is 0.00159. The van der Waals surface area contributed by atoms with Gasteiger partial charge in [0.1, 0.15) is 34.8 Å². The van der Waals surface area contributed by atoms with E-state index in [4.69, 9.17) is 19.1 Å². The van der Waals surface area contributed by atoms with E-state index in [9.17, 15) is 27.6 Å². The summed E-state index contributed by atoms with van der Waals surface area (Å²) in [6.45, 7) is 11.9. The molecule has 8 rings (SSSR count). The van der Waals surface area contributed by atoms with E-state index in [1.807, 2.05) is 81.5 Å². The topological polar surface area (TPSA) is 202 Å². The highest BCUT2D eigenvalue weighted by atomic mass is 32.2. The smallest absolute Gasteiger partial charge is 0.315 e. The third kappa shape index (κ3) is 9.16. The molecule has 0 bridgehead atoms. The van der Waals surface area contributed by atoms with Crippen LogP contribution in [0.2, 0.25) is 0 Å². The third-order valence-corrected chi connectivity index (χ3v) is 13.9. The summed E-state index contributed by atoms with van der Waals surface area (Å²) < 4.78 is 41.2. The van der Waals surface area contributed by atoms with E-state index < -0.39 is 74.2 Å². The van der Waals surface area contributed by atoms with Crippen LogP contribution in [-0.4, -0.2) is 88.1 Å². The Bertz CT molecular complexity index is 2540. The van der Waals surface area contributed by atoms with Gasteiger partial charge in [-0.3, -0.25) is 19.1 Å². The van der Waals surface area contributed by atoms with Gasteiger partial charge in [0, 0.05) is 28.8 Å². The van der Waals surface area contributed by atoms with Crippen LogP contribution in [0.25, 0.3) is 33.5 Å². The van der Waals surface area contributed by atoms with Crippen LogP contribution in [-0.2, 0) is 29.8 Å². The van der Waals surface area contributed by atoms with Gasteiger partial charge in [-0.1, -0.05) is 82.2 Å². The standard InChI is InChI=1S/C46H57N7O8S/c1-44(2,3)28-20-18-27(19-21-28)38-48-36-32-15-12-13-17-35(32)61-37(36)40(49-38)60-30-24-34-39(54)50-46(42(56)52-62(58,59)31-22-23-31)25-29(46)14-10-8-7-9-11-16-33(41(55)53(34)26-30)47-43(57)51-45(4,5)6/h10,12-15,17-21,29-31,33-34H,7-9,11,16,22-26H2,1-6H3,(H,50,54)(H,52,56)(H2,47,51,57)/b14-10-/t29-,30-,33+,34+,46-/m1/s1. The zero-order valence-corrected chi connectivity index (χ0v) is 37.1. The van der Waals surface area contributed by atoms with Gasteiger partial charge < -0.3 is 30.0 Å². The van der Waals surface area contributed by atoms with E-state index in [0.29, 0.717) is 54.6 Å². The molecule has 4 N–H and O–H groups in total. The number of benzene rings is 2. The number of amides is 5. The average molecular weight is 868 g/mol. The lowest BCUT2D eigenvalue weighted by Crippen LogP contribution is -2.59. The summed E-state index contributed by atoms with van der Waals surface area (Å²) in [7, 11) is -3.92. The normalized spacial score (nSPS) is 25.5. The van der Waals surface area contributed by atoms with Gasteiger partial charge >= 0.3 is 6.03 Å². The quantitative estimate of drug-likeness (QED) is 0.156. The Kier molecular flexibility index (Phi) is 11.4. The number of nitrogens with zero attached hydrogens (tertiary/aromatic N) is 3. The molecular formula is C46H57N7O8S. The van der Waals surface area contributed by atoms with Gasteiger partial charge in [0.25, 0.3) is 11.8 Å². The number of nitrogens with one attached hydrogen (secondary N) is 4. The fraction of sp³-hybridized carbons (Fsp3) is 0.522. The minimum Gasteiger partial charge on any atom is -0.470 e. The number of carbonyl (C=O) groups excluding carboxylic acids is 4. The van der Waals surface area contributed by atoms with Crippen molar-refractivity contribution in [1.29, 1.82) is 0 Å². The molecule has 330 valence electrons. The predicted molar refractivity (Wildman–Crippen MR) is 234 cm³/mol. The lowest BCUT2D eigenvalue weighted by molar-refractivity contribution is -0.141. The molecule has 2 aliphatic heterocycles. The van der Waals surface area contributed by atoms with Crippen molar-refractivity contribution in [3.63, 3.8) is 0 Å². The summed E-state index contributed by atoms with van der Waals surface area (Å²) in [5.41, 5.74) is 1.15. The molecule has 2 aliphatic carbocycles. The Morgan fingerprint density at radius 2 is 1.69 bits per heavy atom. The van der Waals surface area contributed by atoms with Crippen LogP contribution in [0.1, 0.15) is 105 Å². The van der Waals surface area contributed by atoms with Gasteiger partial charge in [-0.15, -0.1) is 0 Å². The van der Waals surface area contributed by atoms with Crippen LogP contribution >= 0.6 is 0 Å². The highest BCUT2D eigenvalue weighted by Crippen LogP contribution is 2.46. The van der Waals surface area contributed by atoms with Crippen molar-refractivity contribution in [2.24, 2.45) is 5.92 Å². The molecule has 15 nitrogen and oxygen atoms in total. The number of furan rings is 1. The highest BCUT2D eigenvalue weighted by molar-refractivity contribution is 7.91. The van der Waals surface area contributed by atoms with Crippen molar-refractivity contribution in [1.82, 2.24) is 35.5 Å². The number of sulfonamides is 1. The van der Waals surface area contributed by atoms with Gasteiger partial charge in [0.15, 0.2) is 5.82 Å². The summed E-state index contributed by atoms with van der Waals surface area (Å²) in [6.07, 6.45) is 7.36. The van der Waals surface area contributed by atoms with Gasteiger partial charge in [-0.2, -0.15) is 4.98 Å². The largest absolute Gasteiger partial charge is 0.470 e. The molecule has 5 atom stereocenters. The maximum atomic E-state index is 14.8. The zero-order chi connectivity index (χ0) is 44.2. The number of aromatic nitrogens is 2. The lowest BCUT2D eigenvalue weighted by Gasteiger charge is -2.30. The van der Waals surface area contributed by atoms with Crippen LogP contribution in [0.4, 0.5) is 4.79 Å². The number of hydrogen-bond donors (Lipinski definition) is 4. The van der Waals surface area contributed by atoms with Crippen molar-refractivity contribution in [2.45, 2.75) is 139 Å². The number of hydrogen-bond acceptors (Lipinski definition) is 10. The summed E-state index contributed by atoms with van der Waals surface area (Å²) >= 11 is 0. The van der Waals surface area contributed by atoms with Crippen LogP contribution in [0.15, 0.2) is 65.1 Å². The molecule has 4 aromatic rings. The fourth-order valence-corrected chi connectivity index (χ4v) is 9.80. The van der Waals surface area contributed by atoms with Crippen molar-refractivity contribution in [3.8, 4) is 17.3 Å². The number of rotatable bonds is 7. The molecule has 0 unspecified atom stereocenters. The van der Waals surface area contributed by atoms with Crippen LogP contribution in [0.3, 0.4) is 0 Å². The Morgan fingerprint density at radius 1 is 0.952 bits per heavy atom. The van der Waals surface area contributed by atoms with Crippen molar-refractivity contribution < 1.29 is 36.7 Å². The van der Waals surface area contributed by atoms with E-state index in [0.717, 1.165) is 29.4 Å². The van der Waals surface area contributed by atoms with Crippen LogP contribution in [0.5, 0.6) is 5.88 Å². The van der Waals surface area contributed by atoms with Gasteiger partial charge in [0.05, 0.1) is 11.8 Å². The molecule has 62 heavy (non-hydrogen) atoms. The molecular weight excluding hydrogens is 811 g/mol. The van der Waals surface area contributed by atoms with Gasteiger partial charge in [0.2, 0.25) is 27.4 Å². The Morgan fingerprint density at radius 3 is 2.40 bits per heavy atom. The highest BCUT2D eigenvalue weighted by Gasteiger charge is 2.62. The van der Waals surface area contributed by atoms with Gasteiger partial charge in [-0.25, -0.2) is 18.2 Å². The second kappa shape index (κ2) is 16.3. The average Bonchev–Trinajstić information content (AvgIpc) is 4.10. The first kappa shape index (κ1) is 43.2. The number of carbonyl (C=O) groups is 4.